The summed E-state index contributed by atoms with van der Waals surface area (Å²) in [7, 11) is 2.16. The van der Waals surface area contributed by atoms with E-state index in [1.54, 1.807) is 0 Å². The maximum atomic E-state index is 4.29. The quantitative estimate of drug-likeness (QED) is 0.672. The van der Waals surface area contributed by atoms with Crippen LogP contribution in [0.2, 0.25) is 0 Å². The predicted molar refractivity (Wildman–Crippen MR) is 55.4 cm³/mol. The van der Waals surface area contributed by atoms with Crippen molar-refractivity contribution < 1.29 is 0 Å². The van der Waals surface area contributed by atoms with E-state index in [2.05, 4.69) is 35.3 Å². The van der Waals surface area contributed by atoms with Gasteiger partial charge in [0.2, 0.25) is 0 Å². The van der Waals surface area contributed by atoms with E-state index < -0.39 is 0 Å². The number of nitrogens with zero attached hydrogens (tertiary/aromatic N) is 3. The van der Waals surface area contributed by atoms with Crippen LogP contribution in [0, 0.1) is 0 Å². The second-order valence-corrected chi connectivity index (χ2v) is 4.07. The summed E-state index contributed by atoms with van der Waals surface area (Å²) < 4.78 is 2.05. The molecule has 0 spiro atoms. The molecule has 2 aromatic heterocycles. The molecule has 0 unspecified atom stereocenters. The van der Waals surface area contributed by atoms with Gasteiger partial charge in [-0.15, -0.1) is 0 Å². The number of fused-ring (bicyclic) bond motifs is 1. The molecule has 2 aromatic rings. The number of hydrogen-bond acceptors (Lipinski definition) is 2. The van der Waals surface area contributed by atoms with Crippen molar-refractivity contribution in [3.8, 4) is 0 Å². The standard InChI is InChI=1S/C11H13N3/c1-13-7-10(8-13)9-2-4-14-5-3-12-11(14)6-9/h2-6,10H,7-8H2,1H3. The van der Waals surface area contributed by atoms with E-state index in [9.17, 15) is 0 Å². The summed E-state index contributed by atoms with van der Waals surface area (Å²) in [5.41, 5.74) is 2.47. The molecule has 3 rings (SSSR count). The van der Waals surface area contributed by atoms with Crippen LogP contribution in [-0.4, -0.2) is 34.4 Å². The number of hydrogen-bond donors (Lipinski definition) is 0. The summed E-state index contributed by atoms with van der Waals surface area (Å²) in [6, 6.07) is 4.39. The summed E-state index contributed by atoms with van der Waals surface area (Å²) >= 11 is 0. The fourth-order valence-electron chi connectivity index (χ4n) is 2.09. The number of likely N-dealkylation sites (tertiary alicyclic amines) is 1. The van der Waals surface area contributed by atoms with Crippen molar-refractivity contribution >= 4 is 5.65 Å². The maximum absolute atomic E-state index is 4.29. The Hall–Kier alpha value is -1.35. The zero-order valence-electron chi connectivity index (χ0n) is 8.22. The Labute approximate surface area is 83.0 Å². The third-order valence-electron chi connectivity index (χ3n) is 2.96. The van der Waals surface area contributed by atoms with Crippen LogP contribution < -0.4 is 0 Å². The molecule has 0 bridgehead atoms. The lowest BCUT2D eigenvalue weighted by molar-refractivity contribution is 0.190. The van der Waals surface area contributed by atoms with Gasteiger partial charge in [-0.1, -0.05) is 0 Å². The minimum absolute atomic E-state index is 0.710. The fourth-order valence-corrected chi connectivity index (χ4v) is 2.09. The Morgan fingerprint density at radius 1 is 1.36 bits per heavy atom. The molecule has 0 amide bonds. The summed E-state index contributed by atoms with van der Waals surface area (Å²) in [6.07, 6.45) is 5.91. The van der Waals surface area contributed by atoms with Gasteiger partial charge in [0.1, 0.15) is 5.65 Å². The molecule has 1 aliphatic rings. The van der Waals surface area contributed by atoms with Crippen LogP contribution in [0.4, 0.5) is 0 Å². The number of rotatable bonds is 1. The molecule has 72 valence electrons. The number of likely N-dealkylation sites (N-methyl/N-ethyl adjacent to an activating group) is 1. The highest BCUT2D eigenvalue weighted by atomic mass is 15.2. The monoisotopic (exact) mass is 187 g/mol. The van der Waals surface area contributed by atoms with E-state index in [4.69, 9.17) is 0 Å². The van der Waals surface area contributed by atoms with Crippen molar-refractivity contribution in [2.24, 2.45) is 0 Å². The average molecular weight is 187 g/mol. The van der Waals surface area contributed by atoms with E-state index in [-0.39, 0.29) is 0 Å². The second kappa shape index (κ2) is 2.82. The van der Waals surface area contributed by atoms with Gasteiger partial charge in [-0.25, -0.2) is 4.98 Å². The number of aromatic nitrogens is 2. The van der Waals surface area contributed by atoms with Gasteiger partial charge in [-0.2, -0.15) is 0 Å². The average Bonchev–Trinajstić information content (AvgIpc) is 2.59. The summed E-state index contributed by atoms with van der Waals surface area (Å²) in [6.45, 7) is 2.35. The van der Waals surface area contributed by atoms with E-state index in [0.29, 0.717) is 5.92 Å². The third kappa shape index (κ3) is 1.13. The molecule has 0 N–H and O–H groups in total. The summed E-state index contributed by atoms with van der Waals surface area (Å²) in [5.74, 6) is 0.710. The van der Waals surface area contributed by atoms with Gasteiger partial charge < -0.3 is 9.30 Å². The van der Waals surface area contributed by atoms with Crippen LogP contribution in [-0.2, 0) is 0 Å². The molecule has 1 fully saturated rings. The van der Waals surface area contributed by atoms with Crippen molar-refractivity contribution in [2.45, 2.75) is 5.92 Å². The van der Waals surface area contributed by atoms with Gasteiger partial charge in [-0.05, 0) is 24.7 Å². The van der Waals surface area contributed by atoms with Gasteiger partial charge in [0.15, 0.2) is 0 Å². The van der Waals surface area contributed by atoms with E-state index in [0.717, 1.165) is 5.65 Å². The Kier molecular flexibility index (Phi) is 1.61. The molecular weight excluding hydrogens is 174 g/mol. The normalized spacial score (nSPS) is 18.6. The van der Waals surface area contributed by atoms with Gasteiger partial charge in [-0.3, -0.25) is 0 Å². The largest absolute Gasteiger partial charge is 0.307 e. The van der Waals surface area contributed by atoms with Crippen LogP contribution >= 0.6 is 0 Å². The predicted octanol–water partition coefficient (Wildman–Crippen LogP) is 1.36. The van der Waals surface area contributed by atoms with Crippen molar-refractivity contribution in [3.63, 3.8) is 0 Å². The van der Waals surface area contributed by atoms with Crippen molar-refractivity contribution in [3.05, 3.63) is 36.3 Å². The topological polar surface area (TPSA) is 20.5 Å². The van der Waals surface area contributed by atoms with Crippen molar-refractivity contribution in [1.82, 2.24) is 14.3 Å². The van der Waals surface area contributed by atoms with Gasteiger partial charge in [0.25, 0.3) is 0 Å². The molecule has 1 saturated heterocycles. The first-order chi connectivity index (χ1) is 6.83. The molecule has 3 nitrogen and oxygen atoms in total. The Bertz CT molecular complexity index is 454. The SMILES string of the molecule is CN1CC(c2ccn3ccnc3c2)C1. The fraction of sp³-hybridized carbons (Fsp3) is 0.364. The van der Waals surface area contributed by atoms with Gasteiger partial charge in [0, 0.05) is 37.6 Å². The lowest BCUT2D eigenvalue weighted by Gasteiger charge is -2.36. The first-order valence-corrected chi connectivity index (χ1v) is 4.94. The minimum Gasteiger partial charge on any atom is -0.307 e. The van der Waals surface area contributed by atoms with Crippen LogP contribution in [0.1, 0.15) is 11.5 Å². The molecule has 0 atom stereocenters. The number of pyridine rings is 1. The second-order valence-electron chi connectivity index (χ2n) is 4.07. The molecular formula is C11H13N3. The minimum atomic E-state index is 0.710. The highest BCUT2D eigenvalue weighted by Crippen LogP contribution is 2.25. The maximum Gasteiger partial charge on any atom is 0.136 e. The van der Waals surface area contributed by atoms with Gasteiger partial charge >= 0.3 is 0 Å². The molecule has 0 radical (unpaired) electrons. The highest BCUT2D eigenvalue weighted by molar-refractivity contribution is 5.43. The molecule has 1 aliphatic heterocycles. The lowest BCUT2D eigenvalue weighted by Crippen LogP contribution is -2.41. The molecule has 3 heterocycles. The summed E-state index contributed by atoms with van der Waals surface area (Å²) in [4.78, 5) is 6.62. The Morgan fingerprint density at radius 3 is 3.00 bits per heavy atom. The Morgan fingerprint density at radius 2 is 2.21 bits per heavy atom. The highest BCUT2D eigenvalue weighted by Gasteiger charge is 2.24. The first kappa shape index (κ1) is 8.00. The van der Waals surface area contributed by atoms with Crippen molar-refractivity contribution in [1.29, 1.82) is 0 Å². The Balaban J connectivity index is 1.97. The van der Waals surface area contributed by atoms with E-state index >= 15 is 0 Å². The zero-order valence-corrected chi connectivity index (χ0v) is 8.22. The van der Waals surface area contributed by atoms with Crippen LogP contribution in [0.3, 0.4) is 0 Å². The molecule has 0 aliphatic carbocycles. The van der Waals surface area contributed by atoms with Crippen LogP contribution in [0.15, 0.2) is 30.7 Å². The van der Waals surface area contributed by atoms with E-state index in [1.807, 2.05) is 16.8 Å². The zero-order chi connectivity index (χ0) is 9.54. The van der Waals surface area contributed by atoms with Crippen LogP contribution in [0.5, 0.6) is 0 Å². The molecule has 0 saturated carbocycles. The first-order valence-electron chi connectivity index (χ1n) is 4.94. The molecule has 3 heteroatoms. The van der Waals surface area contributed by atoms with E-state index in [1.165, 1.54) is 18.7 Å². The van der Waals surface area contributed by atoms with Crippen LogP contribution in [0.25, 0.3) is 5.65 Å². The third-order valence-corrected chi connectivity index (χ3v) is 2.96. The smallest absolute Gasteiger partial charge is 0.136 e. The molecule has 0 aromatic carbocycles. The summed E-state index contributed by atoms with van der Waals surface area (Å²) in [5, 5.41) is 0. The number of imidazole rings is 1. The van der Waals surface area contributed by atoms with Gasteiger partial charge in [0.05, 0.1) is 0 Å². The van der Waals surface area contributed by atoms with Crippen molar-refractivity contribution in [2.75, 3.05) is 20.1 Å². The lowest BCUT2D eigenvalue weighted by atomic mass is 9.93. The molecule has 14 heavy (non-hydrogen) atoms.